The van der Waals surface area contributed by atoms with E-state index in [0.29, 0.717) is 26.1 Å². The van der Waals surface area contributed by atoms with E-state index in [1.54, 1.807) is 12.0 Å². The fourth-order valence-electron chi connectivity index (χ4n) is 1.23. The topological polar surface area (TPSA) is 55.8 Å². The summed E-state index contributed by atoms with van der Waals surface area (Å²) in [6, 6.07) is 0. The third-order valence-corrected chi connectivity index (χ3v) is 3.36. The number of alkyl halides is 1. The molecular formula is C11H20BrNO4. The zero-order chi connectivity index (χ0) is 13.3. The zero-order valence-electron chi connectivity index (χ0n) is 10.6. The van der Waals surface area contributed by atoms with Crippen molar-refractivity contribution in [3.05, 3.63) is 0 Å². The quantitative estimate of drug-likeness (QED) is 0.499. The molecule has 0 aromatic rings. The molecule has 0 saturated heterocycles. The Morgan fingerprint density at radius 3 is 2.41 bits per heavy atom. The van der Waals surface area contributed by atoms with Gasteiger partial charge in [-0.3, -0.25) is 9.59 Å². The molecule has 1 amide bonds. The third-order valence-electron chi connectivity index (χ3n) is 2.32. The van der Waals surface area contributed by atoms with Gasteiger partial charge in [0.05, 0.1) is 25.0 Å². The van der Waals surface area contributed by atoms with Gasteiger partial charge >= 0.3 is 5.97 Å². The Bertz CT molecular complexity index is 248. The van der Waals surface area contributed by atoms with Crippen LogP contribution in [-0.4, -0.2) is 55.5 Å². The molecule has 0 fully saturated rings. The highest BCUT2D eigenvalue weighted by Gasteiger charge is 2.20. The maximum absolute atomic E-state index is 12.0. The van der Waals surface area contributed by atoms with Crippen LogP contribution in [0.3, 0.4) is 0 Å². The normalized spacial score (nSPS) is 12.0. The van der Waals surface area contributed by atoms with Gasteiger partial charge in [-0.1, -0.05) is 22.9 Å². The number of amides is 1. The van der Waals surface area contributed by atoms with Crippen molar-refractivity contribution >= 4 is 27.8 Å². The van der Waals surface area contributed by atoms with Crippen LogP contribution >= 0.6 is 15.9 Å². The lowest BCUT2D eigenvalue weighted by Gasteiger charge is -2.24. The fraction of sp³-hybridized carbons (Fsp3) is 0.818. The maximum atomic E-state index is 12.0. The summed E-state index contributed by atoms with van der Waals surface area (Å²) in [5.74, 6) is -0.337. The number of methoxy groups -OCH3 is 2. The van der Waals surface area contributed by atoms with Gasteiger partial charge in [0, 0.05) is 20.2 Å². The summed E-state index contributed by atoms with van der Waals surface area (Å²) < 4.78 is 9.50. The molecule has 0 radical (unpaired) electrons. The number of rotatable bonds is 8. The molecule has 1 unspecified atom stereocenters. The Labute approximate surface area is 111 Å². The van der Waals surface area contributed by atoms with E-state index in [9.17, 15) is 9.59 Å². The highest BCUT2D eigenvalue weighted by molar-refractivity contribution is 9.10. The summed E-state index contributed by atoms with van der Waals surface area (Å²) in [6.07, 6.45) is 0.913. The van der Waals surface area contributed by atoms with Crippen molar-refractivity contribution in [3.63, 3.8) is 0 Å². The SMILES string of the molecule is CCC(Br)C(=O)N(CCOC)CCC(=O)OC. The minimum atomic E-state index is -0.317. The van der Waals surface area contributed by atoms with Gasteiger partial charge in [0.1, 0.15) is 0 Å². The summed E-state index contributed by atoms with van der Waals surface area (Å²) in [7, 11) is 2.91. The Kier molecular flexibility index (Phi) is 9.07. The zero-order valence-corrected chi connectivity index (χ0v) is 12.2. The van der Waals surface area contributed by atoms with Gasteiger partial charge in [0.15, 0.2) is 0 Å². The molecule has 0 aliphatic heterocycles. The number of esters is 1. The molecule has 100 valence electrons. The number of halogens is 1. The molecular weight excluding hydrogens is 290 g/mol. The number of hydrogen-bond acceptors (Lipinski definition) is 4. The van der Waals surface area contributed by atoms with E-state index in [2.05, 4.69) is 20.7 Å². The van der Waals surface area contributed by atoms with Crippen molar-refractivity contribution in [1.29, 1.82) is 0 Å². The number of hydrogen-bond donors (Lipinski definition) is 0. The molecule has 6 heteroatoms. The molecule has 0 N–H and O–H groups in total. The lowest BCUT2D eigenvalue weighted by Crippen LogP contribution is -2.40. The average molecular weight is 310 g/mol. The smallest absolute Gasteiger partial charge is 0.307 e. The lowest BCUT2D eigenvalue weighted by molar-refractivity contribution is -0.141. The van der Waals surface area contributed by atoms with Crippen molar-refractivity contribution in [2.24, 2.45) is 0 Å². The van der Waals surface area contributed by atoms with Gasteiger partial charge in [0.2, 0.25) is 5.91 Å². The molecule has 0 heterocycles. The van der Waals surface area contributed by atoms with Crippen LogP contribution in [0.15, 0.2) is 0 Å². The number of carbonyl (C=O) groups excluding carboxylic acids is 2. The fourth-order valence-corrected chi connectivity index (χ4v) is 1.52. The second kappa shape index (κ2) is 9.41. The maximum Gasteiger partial charge on any atom is 0.307 e. The van der Waals surface area contributed by atoms with Crippen molar-refractivity contribution in [3.8, 4) is 0 Å². The van der Waals surface area contributed by atoms with Crippen molar-refractivity contribution in [1.82, 2.24) is 4.90 Å². The number of carbonyl (C=O) groups is 2. The van der Waals surface area contributed by atoms with Crippen molar-refractivity contribution in [2.45, 2.75) is 24.6 Å². The Morgan fingerprint density at radius 1 is 1.29 bits per heavy atom. The van der Waals surface area contributed by atoms with Crippen LogP contribution in [0.25, 0.3) is 0 Å². The first-order valence-electron chi connectivity index (χ1n) is 5.55. The summed E-state index contributed by atoms with van der Waals surface area (Å²) in [6.45, 7) is 3.22. The predicted octanol–water partition coefficient (Wildman–Crippen LogP) is 1.20. The summed E-state index contributed by atoms with van der Waals surface area (Å²) in [5, 5.41) is 0. The van der Waals surface area contributed by atoms with E-state index in [0.717, 1.165) is 0 Å². The predicted molar refractivity (Wildman–Crippen MR) is 68.1 cm³/mol. The van der Waals surface area contributed by atoms with Crippen molar-refractivity contribution < 1.29 is 19.1 Å². The molecule has 0 aromatic carbocycles. The first-order valence-corrected chi connectivity index (χ1v) is 6.47. The molecule has 17 heavy (non-hydrogen) atoms. The van der Waals surface area contributed by atoms with Crippen LogP contribution in [0.5, 0.6) is 0 Å². The van der Waals surface area contributed by atoms with E-state index in [1.807, 2.05) is 6.92 Å². The minimum absolute atomic E-state index is 0.0200. The summed E-state index contributed by atoms with van der Waals surface area (Å²) >= 11 is 3.31. The van der Waals surface area contributed by atoms with Gasteiger partial charge in [-0.25, -0.2) is 0 Å². The van der Waals surface area contributed by atoms with E-state index in [1.165, 1.54) is 7.11 Å². The standard InChI is InChI=1S/C11H20BrNO4/c1-4-9(12)11(15)13(7-8-16-2)6-5-10(14)17-3/h9H,4-8H2,1-3H3. The first kappa shape index (κ1) is 16.4. The van der Waals surface area contributed by atoms with Gasteiger partial charge in [-0.15, -0.1) is 0 Å². The molecule has 0 aliphatic rings. The third kappa shape index (κ3) is 6.63. The highest BCUT2D eigenvalue weighted by atomic mass is 79.9. The van der Waals surface area contributed by atoms with E-state index >= 15 is 0 Å². The Hall–Kier alpha value is -0.620. The van der Waals surface area contributed by atoms with Crippen LogP contribution in [0.1, 0.15) is 19.8 Å². The van der Waals surface area contributed by atoms with Gasteiger partial charge in [-0.2, -0.15) is 0 Å². The molecule has 0 spiro atoms. The minimum Gasteiger partial charge on any atom is -0.469 e. The highest BCUT2D eigenvalue weighted by Crippen LogP contribution is 2.09. The molecule has 0 saturated carbocycles. The number of ether oxygens (including phenoxy) is 2. The lowest BCUT2D eigenvalue weighted by atomic mass is 10.2. The second-order valence-electron chi connectivity index (χ2n) is 3.52. The van der Waals surface area contributed by atoms with E-state index in [4.69, 9.17) is 4.74 Å². The summed E-state index contributed by atoms with van der Waals surface area (Å²) in [4.78, 5) is 24.4. The second-order valence-corrected chi connectivity index (χ2v) is 4.63. The van der Waals surface area contributed by atoms with Crippen LogP contribution in [0.2, 0.25) is 0 Å². The molecule has 0 rings (SSSR count). The molecule has 5 nitrogen and oxygen atoms in total. The van der Waals surface area contributed by atoms with Crippen LogP contribution in [0.4, 0.5) is 0 Å². The first-order chi connectivity index (χ1) is 8.06. The molecule has 0 aromatic heterocycles. The molecule has 1 atom stereocenters. The van der Waals surface area contributed by atoms with E-state index < -0.39 is 0 Å². The summed E-state index contributed by atoms with van der Waals surface area (Å²) in [5.41, 5.74) is 0. The van der Waals surface area contributed by atoms with E-state index in [-0.39, 0.29) is 23.1 Å². The van der Waals surface area contributed by atoms with Crippen LogP contribution in [0, 0.1) is 0 Å². The monoisotopic (exact) mass is 309 g/mol. The van der Waals surface area contributed by atoms with Crippen LogP contribution < -0.4 is 0 Å². The van der Waals surface area contributed by atoms with Gasteiger partial charge in [0.25, 0.3) is 0 Å². The molecule has 0 bridgehead atoms. The van der Waals surface area contributed by atoms with Crippen molar-refractivity contribution in [2.75, 3.05) is 33.9 Å². The Morgan fingerprint density at radius 2 is 1.94 bits per heavy atom. The largest absolute Gasteiger partial charge is 0.469 e. The van der Waals surface area contributed by atoms with Crippen LogP contribution in [-0.2, 0) is 19.1 Å². The molecule has 0 aliphatic carbocycles. The van der Waals surface area contributed by atoms with Gasteiger partial charge < -0.3 is 14.4 Å². The Balaban J connectivity index is 4.31. The van der Waals surface area contributed by atoms with Gasteiger partial charge in [-0.05, 0) is 6.42 Å². The average Bonchev–Trinajstić information content (AvgIpc) is 2.36. The number of nitrogens with zero attached hydrogens (tertiary/aromatic N) is 1.